The van der Waals surface area contributed by atoms with E-state index in [1.165, 1.54) is 12.1 Å². The Kier molecular flexibility index (Phi) is 10.2. The quantitative estimate of drug-likeness (QED) is 0.531. The van der Waals surface area contributed by atoms with Crippen LogP contribution in [-0.4, -0.2) is 60.6 Å². The van der Waals surface area contributed by atoms with Gasteiger partial charge < -0.3 is 14.4 Å². The minimum atomic E-state index is -0.302. The molecule has 0 N–H and O–H groups in total. The Hall–Kier alpha value is -2.35. The van der Waals surface area contributed by atoms with Crippen LogP contribution in [-0.2, 0) is 20.9 Å². The fraction of sp³-hybridized carbons (Fsp3) is 0.391. The number of hydrogen-bond donors (Lipinski definition) is 0. The van der Waals surface area contributed by atoms with E-state index in [-0.39, 0.29) is 49.2 Å². The minimum Gasteiger partial charge on any atom is -0.484 e. The number of piperazine rings is 1. The van der Waals surface area contributed by atoms with E-state index in [1.807, 2.05) is 0 Å². The molecule has 0 bridgehead atoms. The number of hydrogen-bond acceptors (Lipinski definition) is 5. The molecule has 1 atom stereocenters. The average Bonchev–Trinajstić information content (AvgIpc) is 2.76. The Morgan fingerprint density at radius 1 is 1.09 bits per heavy atom. The summed E-state index contributed by atoms with van der Waals surface area (Å²) in [5, 5.41) is 0.595. The lowest BCUT2D eigenvalue weighted by Crippen LogP contribution is -2.55. The second-order valence-electron chi connectivity index (χ2n) is 7.34. The first-order chi connectivity index (χ1) is 14.9. The highest BCUT2D eigenvalue weighted by atomic mass is 35.5. The molecular formula is C23H27Cl2FN2O4. The largest absolute Gasteiger partial charge is 0.484 e. The van der Waals surface area contributed by atoms with Crippen LogP contribution >= 0.6 is 24.0 Å². The van der Waals surface area contributed by atoms with Gasteiger partial charge in [0.2, 0.25) is 0 Å². The van der Waals surface area contributed by atoms with E-state index in [9.17, 15) is 14.0 Å². The minimum absolute atomic E-state index is 0. The van der Waals surface area contributed by atoms with Gasteiger partial charge in [-0.25, -0.2) is 4.39 Å². The SMILES string of the molecule is CCOC(=O)CC1CN(C(=O)COc2ccc(Cl)cc2)CCN1Cc1ccc(F)cc1.Cl. The third-order valence-corrected chi connectivity index (χ3v) is 5.39. The summed E-state index contributed by atoms with van der Waals surface area (Å²) in [6, 6.07) is 12.9. The number of benzene rings is 2. The summed E-state index contributed by atoms with van der Waals surface area (Å²) >= 11 is 5.86. The monoisotopic (exact) mass is 484 g/mol. The number of halogens is 3. The van der Waals surface area contributed by atoms with E-state index >= 15 is 0 Å². The summed E-state index contributed by atoms with van der Waals surface area (Å²) < 4.78 is 23.9. The first kappa shape index (κ1) is 25.9. The molecule has 1 heterocycles. The van der Waals surface area contributed by atoms with Crippen LogP contribution in [0.15, 0.2) is 48.5 Å². The molecular weight excluding hydrogens is 458 g/mol. The number of carbonyl (C=O) groups is 2. The standard InChI is InChI=1S/C23H26ClFN2O4.ClH/c1-2-30-23(29)13-20-15-27(22(28)16-31-21-9-5-18(24)6-10-21)12-11-26(20)14-17-3-7-19(25)8-4-17;/h3-10,20H,2,11-16H2,1H3;1H. The predicted molar refractivity (Wildman–Crippen MR) is 123 cm³/mol. The van der Waals surface area contributed by atoms with Crippen LogP contribution in [0, 0.1) is 5.82 Å². The van der Waals surface area contributed by atoms with E-state index in [2.05, 4.69) is 4.90 Å². The first-order valence-corrected chi connectivity index (χ1v) is 10.6. The molecule has 1 saturated heterocycles. The van der Waals surface area contributed by atoms with E-state index in [4.69, 9.17) is 21.1 Å². The molecule has 0 aliphatic carbocycles. The summed E-state index contributed by atoms with van der Waals surface area (Å²) in [5.41, 5.74) is 0.945. The van der Waals surface area contributed by atoms with Crippen molar-refractivity contribution in [3.8, 4) is 5.75 Å². The molecule has 6 nitrogen and oxygen atoms in total. The zero-order valence-electron chi connectivity index (χ0n) is 17.8. The van der Waals surface area contributed by atoms with Crippen LogP contribution in [0.3, 0.4) is 0 Å². The maximum Gasteiger partial charge on any atom is 0.307 e. The molecule has 1 amide bonds. The smallest absolute Gasteiger partial charge is 0.307 e. The van der Waals surface area contributed by atoms with Crippen molar-refractivity contribution in [2.45, 2.75) is 25.9 Å². The summed E-state index contributed by atoms with van der Waals surface area (Å²) in [6.45, 7) is 4.04. The maximum absolute atomic E-state index is 13.2. The second kappa shape index (κ2) is 12.6. The molecule has 0 spiro atoms. The Labute approximate surface area is 198 Å². The molecule has 1 aliphatic rings. The molecule has 1 unspecified atom stereocenters. The fourth-order valence-electron chi connectivity index (χ4n) is 3.53. The van der Waals surface area contributed by atoms with Gasteiger partial charge in [0, 0.05) is 37.2 Å². The number of carbonyl (C=O) groups excluding carboxylic acids is 2. The highest BCUT2D eigenvalue weighted by Gasteiger charge is 2.31. The lowest BCUT2D eigenvalue weighted by atomic mass is 10.1. The molecule has 0 radical (unpaired) electrons. The van der Waals surface area contributed by atoms with Crippen LogP contribution in [0.2, 0.25) is 5.02 Å². The van der Waals surface area contributed by atoms with Crippen LogP contribution in [0.1, 0.15) is 18.9 Å². The van der Waals surface area contributed by atoms with Crippen molar-refractivity contribution in [1.29, 1.82) is 0 Å². The summed E-state index contributed by atoms with van der Waals surface area (Å²) in [7, 11) is 0. The molecule has 32 heavy (non-hydrogen) atoms. The van der Waals surface area contributed by atoms with Gasteiger partial charge in [-0.15, -0.1) is 12.4 Å². The van der Waals surface area contributed by atoms with Gasteiger partial charge in [0.05, 0.1) is 13.0 Å². The highest BCUT2D eigenvalue weighted by molar-refractivity contribution is 6.30. The fourth-order valence-corrected chi connectivity index (χ4v) is 3.65. The van der Waals surface area contributed by atoms with Crippen LogP contribution < -0.4 is 4.74 Å². The zero-order chi connectivity index (χ0) is 22.2. The van der Waals surface area contributed by atoms with Crippen molar-refractivity contribution >= 4 is 35.9 Å². The van der Waals surface area contributed by atoms with Gasteiger partial charge in [0.25, 0.3) is 5.91 Å². The van der Waals surface area contributed by atoms with Gasteiger partial charge in [-0.05, 0) is 48.9 Å². The van der Waals surface area contributed by atoms with Crippen molar-refractivity contribution in [1.82, 2.24) is 9.80 Å². The predicted octanol–water partition coefficient (Wildman–Crippen LogP) is 3.95. The van der Waals surface area contributed by atoms with Gasteiger partial charge in [-0.2, -0.15) is 0 Å². The molecule has 0 saturated carbocycles. The zero-order valence-corrected chi connectivity index (χ0v) is 19.4. The Balaban J connectivity index is 0.00000363. The van der Waals surface area contributed by atoms with E-state index in [0.717, 1.165) is 5.56 Å². The summed E-state index contributed by atoms with van der Waals surface area (Å²) in [5.74, 6) is -0.174. The Morgan fingerprint density at radius 2 is 1.78 bits per heavy atom. The van der Waals surface area contributed by atoms with Crippen molar-refractivity contribution in [2.24, 2.45) is 0 Å². The molecule has 2 aromatic carbocycles. The second-order valence-corrected chi connectivity index (χ2v) is 7.78. The van der Waals surface area contributed by atoms with E-state index in [0.29, 0.717) is 43.6 Å². The molecule has 2 aromatic rings. The molecule has 0 aromatic heterocycles. The van der Waals surface area contributed by atoms with Crippen molar-refractivity contribution < 1.29 is 23.5 Å². The molecule has 174 valence electrons. The van der Waals surface area contributed by atoms with Gasteiger partial charge in [-0.1, -0.05) is 23.7 Å². The normalized spacial score (nSPS) is 16.2. The van der Waals surface area contributed by atoms with Crippen molar-refractivity contribution in [3.05, 3.63) is 64.9 Å². The third-order valence-electron chi connectivity index (χ3n) is 5.14. The number of ether oxygens (including phenoxy) is 2. The Bertz CT molecular complexity index is 881. The average molecular weight is 485 g/mol. The molecule has 9 heteroatoms. The molecule has 1 aliphatic heterocycles. The van der Waals surface area contributed by atoms with Gasteiger partial charge in [0.15, 0.2) is 6.61 Å². The van der Waals surface area contributed by atoms with Gasteiger partial charge in [0.1, 0.15) is 11.6 Å². The number of rotatable bonds is 8. The molecule has 1 fully saturated rings. The third kappa shape index (κ3) is 7.65. The topological polar surface area (TPSA) is 59.1 Å². The van der Waals surface area contributed by atoms with Crippen LogP contribution in [0.25, 0.3) is 0 Å². The number of nitrogens with zero attached hydrogens (tertiary/aromatic N) is 2. The highest BCUT2D eigenvalue weighted by Crippen LogP contribution is 2.19. The number of amides is 1. The summed E-state index contributed by atoms with van der Waals surface area (Å²) in [4.78, 5) is 28.7. The van der Waals surface area contributed by atoms with E-state index < -0.39 is 0 Å². The van der Waals surface area contributed by atoms with Crippen LogP contribution in [0.4, 0.5) is 4.39 Å². The van der Waals surface area contributed by atoms with Crippen LogP contribution in [0.5, 0.6) is 5.75 Å². The van der Waals surface area contributed by atoms with E-state index in [1.54, 1.807) is 48.2 Å². The van der Waals surface area contributed by atoms with Gasteiger partial charge >= 0.3 is 5.97 Å². The Morgan fingerprint density at radius 3 is 2.44 bits per heavy atom. The summed E-state index contributed by atoms with van der Waals surface area (Å²) in [6.07, 6.45) is 0.177. The first-order valence-electron chi connectivity index (χ1n) is 10.2. The maximum atomic E-state index is 13.2. The lowest BCUT2D eigenvalue weighted by molar-refractivity contribution is -0.147. The van der Waals surface area contributed by atoms with Crippen molar-refractivity contribution in [3.63, 3.8) is 0 Å². The lowest BCUT2D eigenvalue weighted by Gasteiger charge is -2.41. The molecule has 3 rings (SSSR count). The van der Waals surface area contributed by atoms with Gasteiger partial charge in [-0.3, -0.25) is 14.5 Å². The number of esters is 1. The van der Waals surface area contributed by atoms with Crippen molar-refractivity contribution in [2.75, 3.05) is 32.8 Å².